The van der Waals surface area contributed by atoms with Gasteiger partial charge in [0.1, 0.15) is 11.5 Å². The molecule has 0 amide bonds. The summed E-state index contributed by atoms with van der Waals surface area (Å²) in [6.45, 7) is 0. The first-order valence-electron chi connectivity index (χ1n) is 14.9. The molecule has 4 heterocycles. The van der Waals surface area contributed by atoms with Crippen molar-refractivity contribution in [3.63, 3.8) is 0 Å². The van der Waals surface area contributed by atoms with Crippen LogP contribution in [-0.2, 0) is 0 Å². The Morgan fingerprint density at radius 2 is 1.18 bits per heavy atom. The largest absolute Gasteiger partial charge is 0.309 e. The van der Waals surface area contributed by atoms with Crippen molar-refractivity contribution < 1.29 is 0 Å². The van der Waals surface area contributed by atoms with E-state index in [1.54, 1.807) is 0 Å². The Hall–Kier alpha value is -6.00. The molecule has 44 heavy (non-hydrogen) atoms. The van der Waals surface area contributed by atoms with Crippen molar-refractivity contribution in [2.45, 2.75) is 0 Å². The molecule has 0 saturated carbocycles. The maximum Gasteiger partial charge on any atom is 0.147 e. The minimum absolute atomic E-state index is 0.880. The van der Waals surface area contributed by atoms with Crippen molar-refractivity contribution in [2.75, 3.05) is 0 Å². The third-order valence-corrected chi connectivity index (χ3v) is 8.58. The lowest BCUT2D eigenvalue weighted by Gasteiger charge is -2.12. The minimum atomic E-state index is 0.880. The predicted molar refractivity (Wildman–Crippen MR) is 181 cm³/mol. The molecule has 0 bridgehead atoms. The number of pyridine rings is 2. The van der Waals surface area contributed by atoms with Crippen LogP contribution >= 0.6 is 0 Å². The number of fused-ring (bicyclic) bond motifs is 6. The molecular formula is C40H26N4. The van der Waals surface area contributed by atoms with Gasteiger partial charge in [-0.3, -0.25) is 4.40 Å². The van der Waals surface area contributed by atoms with Crippen molar-refractivity contribution in [3.05, 3.63) is 158 Å². The van der Waals surface area contributed by atoms with Crippen LogP contribution < -0.4 is 0 Å². The van der Waals surface area contributed by atoms with E-state index in [1.807, 2.05) is 18.3 Å². The Labute approximate surface area is 254 Å². The fraction of sp³-hybridized carbons (Fsp3) is 0. The van der Waals surface area contributed by atoms with Crippen LogP contribution in [0.15, 0.2) is 158 Å². The van der Waals surface area contributed by atoms with Crippen LogP contribution in [0.1, 0.15) is 0 Å². The summed E-state index contributed by atoms with van der Waals surface area (Å²) in [7, 11) is 0. The number of aromatic nitrogens is 4. The summed E-state index contributed by atoms with van der Waals surface area (Å²) in [4.78, 5) is 10.2. The van der Waals surface area contributed by atoms with E-state index in [4.69, 9.17) is 9.97 Å². The van der Waals surface area contributed by atoms with Crippen molar-refractivity contribution in [1.82, 2.24) is 18.9 Å². The summed E-state index contributed by atoms with van der Waals surface area (Å²) in [5.74, 6) is 0.880. The number of nitrogens with zero attached hydrogens (tertiary/aromatic N) is 4. The van der Waals surface area contributed by atoms with Gasteiger partial charge in [0.2, 0.25) is 0 Å². The van der Waals surface area contributed by atoms with Gasteiger partial charge in [-0.15, -0.1) is 0 Å². The second kappa shape index (κ2) is 9.79. The van der Waals surface area contributed by atoms with Crippen LogP contribution in [0.2, 0.25) is 0 Å². The quantitative estimate of drug-likeness (QED) is 0.214. The monoisotopic (exact) mass is 562 g/mol. The average molecular weight is 563 g/mol. The molecule has 0 spiro atoms. The van der Waals surface area contributed by atoms with Crippen molar-refractivity contribution >= 4 is 38.4 Å². The SMILES string of the molecule is c1ccc(-c2nc(-c3ccccc3-c3ccc4c(c3)c3ccccc3n4-c3ccccc3)n3c2ccc2cccnc23)cc1. The summed E-state index contributed by atoms with van der Waals surface area (Å²) in [5.41, 5.74) is 10.8. The van der Waals surface area contributed by atoms with Crippen molar-refractivity contribution in [3.8, 4) is 39.5 Å². The zero-order valence-corrected chi connectivity index (χ0v) is 23.8. The lowest BCUT2D eigenvalue weighted by atomic mass is 9.97. The molecular weight excluding hydrogens is 536 g/mol. The Bertz CT molecular complexity index is 2490. The maximum atomic E-state index is 5.34. The average Bonchev–Trinajstić information content (AvgIpc) is 3.65. The fourth-order valence-electron chi connectivity index (χ4n) is 6.61. The van der Waals surface area contributed by atoms with E-state index in [0.29, 0.717) is 0 Å². The first-order chi connectivity index (χ1) is 21.8. The summed E-state index contributed by atoms with van der Waals surface area (Å²) < 4.78 is 4.57. The number of hydrogen-bond donors (Lipinski definition) is 0. The summed E-state index contributed by atoms with van der Waals surface area (Å²) in [6.07, 6.45) is 1.86. The van der Waals surface area contributed by atoms with Crippen LogP contribution in [0, 0.1) is 0 Å². The van der Waals surface area contributed by atoms with Crippen LogP contribution in [-0.4, -0.2) is 18.9 Å². The van der Waals surface area contributed by atoms with Gasteiger partial charge in [0.05, 0.1) is 22.2 Å². The zero-order chi connectivity index (χ0) is 29.0. The van der Waals surface area contributed by atoms with Crippen molar-refractivity contribution in [1.29, 1.82) is 0 Å². The van der Waals surface area contributed by atoms with E-state index >= 15 is 0 Å². The van der Waals surface area contributed by atoms with Crippen LogP contribution in [0.25, 0.3) is 77.8 Å². The number of rotatable bonds is 4. The van der Waals surface area contributed by atoms with Crippen molar-refractivity contribution in [2.24, 2.45) is 0 Å². The molecule has 9 rings (SSSR count). The highest BCUT2D eigenvalue weighted by Gasteiger charge is 2.20. The van der Waals surface area contributed by atoms with Gasteiger partial charge in [0.15, 0.2) is 0 Å². The molecule has 0 aliphatic carbocycles. The highest BCUT2D eigenvalue weighted by Crippen LogP contribution is 2.39. The molecule has 0 aliphatic heterocycles. The van der Waals surface area contributed by atoms with Crippen LogP contribution in [0.5, 0.6) is 0 Å². The summed E-state index contributed by atoms with van der Waals surface area (Å²) >= 11 is 0. The van der Waals surface area contributed by atoms with E-state index in [1.165, 1.54) is 21.8 Å². The van der Waals surface area contributed by atoms with E-state index in [0.717, 1.165) is 56.0 Å². The summed E-state index contributed by atoms with van der Waals surface area (Å²) in [6, 6.07) is 53.5. The molecule has 4 nitrogen and oxygen atoms in total. The molecule has 4 heteroatoms. The van der Waals surface area contributed by atoms with E-state index in [2.05, 4.69) is 148 Å². The molecule has 0 fully saturated rings. The standard InChI is InChI=1S/C40H26N4/c1-3-12-27(13-4-1)38-37-24-21-28-14-11-25-41-39(28)44(37)40(42-38)33-19-8-7-17-31(33)29-22-23-36-34(26-29)32-18-9-10-20-35(32)43(36)30-15-5-2-6-16-30/h1-26H. The van der Waals surface area contributed by atoms with Gasteiger partial charge in [-0.1, -0.05) is 97.1 Å². The number of benzene rings is 5. The second-order valence-electron chi connectivity index (χ2n) is 11.1. The van der Waals surface area contributed by atoms with Gasteiger partial charge in [0, 0.05) is 39.2 Å². The van der Waals surface area contributed by atoms with E-state index in [-0.39, 0.29) is 0 Å². The number of imidazole rings is 1. The molecule has 0 atom stereocenters. The normalized spacial score (nSPS) is 11.6. The third kappa shape index (κ3) is 3.71. The van der Waals surface area contributed by atoms with Gasteiger partial charge < -0.3 is 4.57 Å². The highest BCUT2D eigenvalue weighted by atomic mass is 15.1. The molecule has 5 aromatic carbocycles. The van der Waals surface area contributed by atoms with Crippen LogP contribution in [0.4, 0.5) is 0 Å². The lowest BCUT2D eigenvalue weighted by molar-refractivity contribution is 1.17. The first-order valence-corrected chi connectivity index (χ1v) is 14.9. The Morgan fingerprint density at radius 1 is 0.477 bits per heavy atom. The lowest BCUT2D eigenvalue weighted by Crippen LogP contribution is -1.96. The molecule has 0 unspecified atom stereocenters. The molecule has 9 aromatic rings. The van der Waals surface area contributed by atoms with E-state index in [9.17, 15) is 0 Å². The molecule has 4 aromatic heterocycles. The van der Waals surface area contributed by atoms with Gasteiger partial charge >= 0.3 is 0 Å². The summed E-state index contributed by atoms with van der Waals surface area (Å²) in [5, 5.41) is 3.53. The number of hydrogen-bond acceptors (Lipinski definition) is 2. The minimum Gasteiger partial charge on any atom is -0.309 e. The molecule has 0 radical (unpaired) electrons. The van der Waals surface area contributed by atoms with Crippen LogP contribution in [0.3, 0.4) is 0 Å². The zero-order valence-electron chi connectivity index (χ0n) is 23.8. The maximum absolute atomic E-state index is 5.34. The smallest absolute Gasteiger partial charge is 0.147 e. The molecule has 0 aliphatic rings. The first kappa shape index (κ1) is 24.6. The number of para-hydroxylation sites is 2. The molecule has 206 valence electrons. The Balaban J connectivity index is 1.31. The molecule has 0 N–H and O–H groups in total. The topological polar surface area (TPSA) is 35.1 Å². The van der Waals surface area contributed by atoms with Gasteiger partial charge in [-0.2, -0.15) is 0 Å². The third-order valence-electron chi connectivity index (χ3n) is 8.58. The second-order valence-corrected chi connectivity index (χ2v) is 11.1. The highest BCUT2D eigenvalue weighted by molar-refractivity contribution is 6.10. The van der Waals surface area contributed by atoms with Gasteiger partial charge in [0.25, 0.3) is 0 Å². The Morgan fingerprint density at radius 3 is 2.05 bits per heavy atom. The van der Waals surface area contributed by atoms with Gasteiger partial charge in [-0.25, -0.2) is 9.97 Å². The fourth-order valence-corrected chi connectivity index (χ4v) is 6.61. The predicted octanol–water partition coefficient (Wildman–Crippen LogP) is 9.98. The van der Waals surface area contributed by atoms with Gasteiger partial charge in [-0.05, 0) is 65.7 Å². The molecule has 0 saturated heterocycles. The Kier molecular flexibility index (Phi) is 5.47. The van der Waals surface area contributed by atoms with E-state index < -0.39 is 0 Å².